The first-order valence-electron chi connectivity index (χ1n) is 8.97. The lowest BCUT2D eigenvalue weighted by Crippen LogP contribution is -2.55. The lowest BCUT2D eigenvalue weighted by Gasteiger charge is -2.45. The molecule has 4 nitrogen and oxygen atoms in total. The standard InChI is InChI=1S/C21H21BrF2N2O2/c1-14-10-25(13-28-21-9-18(24)7-8-19(21)22)15(2)20(12-27)26(14)11-16-3-5-17(23)6-4-16/h3-9,14-15H,10-11,13H2,1-2H3/t14-,15+/m1/s1. The molecule has 0 aromatic heterocycles. The van der Waals surface area contributed by atoms with Gasteiger partial charge in [0.2, 0.25) is 0 Å². The van der Waals surface area contributed by atoms with Crippen LogP contribution in [0.15, 0.2) is 52.6 Å². The highest BCUT2D eigenvalue weighted by Crippen LogP contribution is 2.28. The van der Waals surface area contributed by atoms with Gasteiger partial charge in [-0.15, -0.1) is 0 Å². The minimum absolute atomic E-state index is 0.0252. The Hall–Kier alpha value is -2.21. The van der Waals surface area contributed by atoms with Crippen LogP contribution in [0.2, 0.25) is 0 Å². The van der Waals surface area contributed by atoms with E-state index >= 15 is 0 Å². The first kappa shape index (κ1) is 20.5. The summed E-state index contributed by atoms with van der Waals surface area (Å²) in [5, 5.41) is 0. The van der Waals surface area contributed by atoms with Crippen molar-refractivity contribution >= 4 is 21.9 Å². The molecule has 1 aliphatic heterocycles. The Balaban J connectivity index is 1.71. The second kappa shape index (κ2) is 8.86. The number of hydrogen-bond donors (Lipinski definition) is 0. The quantitative estimate of drug-likeness (QED) is 0.633. The molecule has 3 rings (SSSR count). The van der Waals surface area contributed by atoms with Crippen LogP contribution in [-0.2, 0) is 11.3 Å². The van der Waals surface area contributed by atoms with Crippen LogP contribution in [0.1, 0.15) is 19.4 Å². The molecule has 0 spiro atoms. The summed E-state index contributed by atoms with van der Waals surface area (Å²) in [7, 11) is 0. The zero-order chi connectivity index (χ0) is 20.3. The van der Waals surface area contributed by atoms with Gasteiger partial charge in [0.15, 0.2) is 0 Å². The highest BCUT2D eigenvalue weighted by molar-refractivity contribution is 9.10. The number of nitrogens with zero attached hydrogens (tertiary/aromatic N) is 2. The fourth-order valence-corrected chi connectivity index (χ4v) is 3.68. The van der Waals surface area contributed by atoms with Crippen LogP contribution in [0.3, 0.4) is 0 Å². The van der Waals surface area contributed by atoms with Crippen molar-refractivity contribution in [2.75, 3.05) is 13.3 Å². The number of halogens is 3. The Bertz CT molecular complexity index is 884. The summed E-state index contributed by atoms with van der Waals surface area (Å²) in [6, 6.07) is 10.3. The van der Waals surface area contributed by atoms with E-state index in [9.17, 15) is 13.6 Å². The number of piperazine rings is 1. The highest BCUT2D eigenvalue weighted by Gasteiger charge is 2.34. The normalized spacial score (nSPS) is 20.2. The van der Waals surface area contributed by atoms with Gasteiger partial charge in [0.05, 0.1) is 10.5 Å². The van der Waals surface area contributed by atoms with E-state index in [2.05, 4.69) is 21.9 Å². The first-order chi connectivity index (χ1) is 13.4. The van der Waals surface area contributed by atoms with Crippen molar-refractivity contribution in [1.29, 1.82) is 0 Å². The third-order valence-corrected chi connectivity index (χ3v) is 5.59. The molecule has 1 heterocycles. The van der Waals surface area contributed by atoms with Crippen molar-refractivity contribution in [3.05, 3.63) is 69.8 Å². The summed E-state index contributed by atoms with van der Waals surface area (Å²) in [4.78, 5) is 15.7. The van der Waals surface area contributed by atoms with Gasteiger partial charge in [-0.05, 0) is 59.6 Å². The van der Waals surface area contributed by atoms with Gasteiger partial charge in [0.25, 0.3) is 0 Å². The Morgan fingerprint density at radius 2 is 1.82 bits per heavy atom. The van der Waals surface area contributed by atoms with E-state index in [1.165, 1.54) is 24.3 Å². The monoisotopic (exact) mass is 450 g/mol. The topological polar surface area (TPSA) is 32.8 Å². The first-order valence-corrected chi connectivity index (χ1v) is 9.76. The summed E-state index contributed by atoms with van der Waals surface area (Å²) in [6.45, 7) is 5.29. The molecule has 2 aromatic carbocycles. The van der Waals surface area contributed by atoms with E-state index in [0.717, 1.165) is 5.56 Å². The average molecular weight is 451 g/mol. The largest absolute Gasteiger partial charge is 0.477 e. The van der Waals surface area contributed by atoms with Crippen molar-refractivity contribution in [2.24, 2.45) is 0 Å². The SMILES string of the molecule is C[C@@H]1CN(COc2cc(F)ccc2Br)[C@@H](C)C(=C=O)N1Cc1ccc(F)cc1. The maximum Gasteiger partial charge on any atom is 0.147 e. The van der Waals surface area contributed by atoms with E-state index in [1.807, 2.05) is 23.6 Å². The minimum Gasteiger partial charge on any atom is -0.477 e. The van der Waals surface area contributed by atoms with Crippen molar-refractivity contribution in [3.63, 3.8) is 0 Å². The van der Waals surface area contributed by atoms with Crippen LogP contribution in [-0.4, -0.2) is 41.1 Å². The van der Waals surface area contributed by atoms with Crippen molar-refractivity contribution in [3.8, 4) is 5.75 Å². The van der Waals surface area contributed by atoms with Crippen LogP contribution in [0.4, 0.5) is 8.78 Å². The smallest absolute Gasteiger partial charge is 0.147 e. The fraction of sp³-hybridized carbons (Fsp3) is 0.333. The lowest BCUT2D eigenvalue weighted by atomic mass is 10.0. The van der Waals surface area contributed by atoms with E-state index in [1.54, 1.807) is 18.2 Å². The van der Waals surface area contributed by atoms with Gasteiger partial charge >= 0.3 is 0 Å². The second-order valence-corrected chi connectivity index (χ2v) is 7.74. The molecule has 28 heavy (non-hydrogen) atoms. The number of rotatable bonds is 5. The van der Waals surface area contributed by atoms with Crippen LogP contribution in [0.5, 0.6) is 5.75 Å². The number of benzene rings is 2. The summed E-state index contributed by atoms with van der Waals surface area (Å²) in [5.74, 6) is 1.81. The molecule has 1 fully saturated rings. The number of hydrogen-bond acceptors (Lipinski definition) is 4. The maximum absolute atomic E-state index is 13.5. The van der Waals surface area contributed by atoms with Crippen molar-refractivity contribution in [2.45, 2.75) is 32.5 Å². The van der Waals surface area contributed by atoms with E-state index < -0.39 is 0 Å². The molecule has 2 aromatic rings. The molecule has 2 atom stereocenters. The Morgan fingerprint density at radius 1 is 1.14 bits per heavy atom. The summed E-state index contributed by atoms with van der Waals surface area (Å²) >= 11 is 3.35. The Kier molecular flexibility index (Phi) is 6.50. The molecule has 0 unspecified atom stereocenters. The average Bonchev–Trinajstić information content (AvgIpc) is 2.67. The van der Waals surface area contributed by atoms with Gasteiger partial charge in [-0.2, -0.15) is 0 Å². The Morgan fingerprint density at radius 3 is 2.50 bits per heavy atom. The summed E-state index contributed by atoms with van der Waals surface area (Å²) in [5.41, 5.74) is 1.44. The van der Waals surface area contributed by atoms with Gasteiger partial charge in [-0.3, -0.25) is 4.90 Å². The summed E-state index contributed by atoms with van der Waals surface area (Å²) < 4.78 is 33.0. The van der Waals surface area contributed by atoms with Gasteiger partial charge in [-0.1, -0.05) is 12.1 Å². The van der Waals surface area contributed by atoms with Crippen molar-refractivity contribution in [1.82, 2.24) is 9.80 Å². The summed E-state index contributed by atoms with van der Waals surface area (Å²) in [6.07, 6.45) is 0. The third kappa shape index (κ3) is 4.61. The zero-order valence-corrected chi connectivity index (χ0v) is 17.2. The predicted molar refractivity (Wildman–Crippen MR) is 106 cm³/mol. The van der Waals surface area contributed by atoms with Gasteiger partial charge < -0.3 is 9.64 Å². The van der Waals surface area contributed by atoms with Crippen LogP contribution in [0.25, 0.3) is 0 Å². The van der Waals surface area contributed by atoms with Crippen LogP contribution < -0.4 is 4.74 Å². The molecular formula is C21H21BrF2N2O2. The molecular weight excluding hydrogens is 430 g/mol. The lowest BCUT2D eigenvalue weighted by molar-refractivity contribution is 0.0282. The van der Waals surface area contributed by atoms with Gasteiger partial charge in [0, 0.05) is 25.2 Å². The fourth-order valence-electron chi connectivity index (χ4n) is 3.32. The minimum atomic E-state index is -0.378. The van der Waals surface area contributed by atoms with E-state index in [4.69, 9.17) is 4.74 Å². The molecule has 0 amide bonds. The third-order valence-electron chi connectivity index (χ3n) is 4.93. The molecule has 0 bridgehead atoms. The number of ether oxygens (including phenoxy) is 1. The molecule has 1 saturated heterocycles. The maximum atomic E-state index is 13.5. The Labute approximate surface area is 171 Å². The van der Waals surface area contributed by atoms with Crippen LogP contribution >= 0.6 is 15.9 Å². The van der Waals surface area contributed by atoms with E-state index in [-0.39, 0.29) is 30.4 Å². The molecule has 0 N–H and O–H groups in total. The molecule has 0 aliphatic carbocycles. The highest BCUT2D eigenvalue weighted by atomic mass is 79.9. The van der Waals surface area contributed by atoms with Gasteiger partial charge in [-0.25, -0.2) is 13.6 Å². The molecule has 148 valence electrons. The predicted octanol–water partition coefficient (Wildman–Crippen LogP) is 4.37. The number of carbonyl (C=O) groups excluding carboxylic acids is 1. The molecule has 0 radical (unpaired) electrons. The zero-order valence-electron chi connectivity index (χ0n) is 15.7. The molecule has 0 saturated carbocycles. The van der Waals surface area contributed by atoms with Crippen LogP contribution in [0, 0.1) is 11.6 Å². The van der Waals surface area contributed by atoms with Gasteiger partial charge in [0.1, 0.15) is 35.8 Å². The molecule has 7 heteroatoms. The van der Waals surface area contributed by atoms with Crippen molar-refractivity contribution < 1.29 is 18.3 Å². The second-order valence-electron chi connectivity index (χ2n) is 6.89. The molecule has 1 aliphatic rings. The van der Waals surface area contributed by atoms with E-state index in [0.29, 0.717) is 29.0 Å².